The molecule has 1 aromatic carbocycles. The number of rotatable bonds is 5. The van der Waals surface area contributed by atoms with Crippen molar-refractivity contribution in [3.63, 3.8) is 0 Å². The molecule has 0 unspecified atom stereocenters. The van der Waals surface area contributed by atoms with Crippen molar-refractivity contribution in [3.8, 4) is 0 Å². The van der Waals surface area contributed by atoms with E-state index in [9.17, 15) is 18.0 Å². The van der Waals surface area contributed by atoms with E-state index < -0.39 is 21.6 Å². The van der Waals surface area contributed by atoms with Gasteiger partial charge in [0.05, 0.1) is 23.1 Å². The summed E-state index contributed by atoms with van der Waals surface area (Å²) in [4.78, 5) is 29.7. The molecule has 0 fully saturated rings. The second kappa shape index (κ2) is 6.96. The largest absolute Gasteiger partial charge is 0.462 e. The molecule has 0 radical (unpaired) electrons. The number of nitrogens with zero attached hydrogens (tertiary/aromatic N) is 1. The van der Waals surface area contributed by atoms with E-state index in [2.05, 4.69) is 14.7 Å². The molecule has 0 aliphatic rings. The molecule has 0 aliphatic carbocycles. The lowest BCUT2D eigenvalue weighted by Crippen LogP contribution is -2.17. The molecule has 2 aromatic heterocycles. The number of nitrogens with one attached hydrogen (secondary N) is 2. The number of carbonyl (C=O) groups excluding carboxylic acids is 1. The monoisotopic (exact) mass is 373 g/mol. The summed E-state index contributed by atoms with van der Waals surface area (Å²) in [6, 6.07) is 8.86. The summed E-state index contributed by atoms with van der Waals surface area (Å²) >= 11 is 0. The molecule has 2 heterocycles. The van der Waals surface area contributed by atoms with Crippen LogP contribution in [0.2, 0.25) is 0 Å². The predicted molar refractivity (Wildman–Crippen MR) is 95.6 cm³/mol. The number of anilines is 1. The normalized spacial score (nSPS) is 11.3. The van der Waals surface area contributed by atoms with Gasteiger partial charge in [0.25, 0.3) is 15.6 Å². The Kier molecular flexibility index (Phi) is 4.72. The molecule has 2 N–H and O–H groups in total. The van der Waals surface area contributed by atoms with Crippen LogP contribution < -0.4 is 10.3 Å². The molecule has 0 aliphatic heterocycles. The summed E-state index contributed by atoms with van der Waals surface area (Å²) in [5.74, 6) is -0.488. The summed E-state index contributed by atoms with van der Waals surface area (Å²) in [6.07, 6.45) is 2.52. The highest BCUT2D eigenvalue weighted by Crippen LogP contribution is 2.21. The van der Waals surface area contributed by atoms with Crippen LogP contribution >= 0.6 is 0 Å². The van der Waals surface area contributed by atoms with E-state index in [4.69, 9.17) is 4.74 Å². The zero-order valence-corrected chi connectivity index (χ0v) is 14.5. The summed E-state index contributed by atoms with van der Waals surface area (Å²) in [5.41, 5.74) is 0.219. The van der Waals surface area contributed by atoms with Crippen LogP contribution in [0.15, 0.2) is 58.5 Å². The molecule has 0 saturated heterocycles. The molecule has 8 nitrogen and oxygen atoms in total. The topological polar surface area (TPSA) is 118 Å². The smallest absolute Gasteiger partial charge is 0.338 e. The first kappa shape index (κ1) is 17.6. The first-order valence-electron chi connectivity index (χ1n) is 7.69. The lowest BCUT2D eigenvalue weighted by Gasteiger charge is -2.10. The fourth-order valence-corrected chi connectivity index (χ4v) is 3.55. The van der Waals surface area contributed by atoms with E-state index in [1.54, 1.807) is 13.0 Å². The summed E-state index contributed by atoms with van der Waals surface area (Å²) in [6.45, 7) is 1.95. The van der Waals surface area contributed by atoms with Crippen LogP contribution in [0.3, 0.4) is 0 Å². The second-order valence-electron chi connectivity index (χ2n) is 5.28. The number of aromatic nitrogens is 2. The summed E-state index contributed by atoms with van der Waals surface area (Å²) in [7, 11) is -4.00. The van der Waals surface area contributed by atoms with Gasteiger partial charge in [0.15, 0.2) is 0 Å². The van der Waals surface area contributed by atoms with Gasteiger partial charge in [0.2, 0.25) is 0 Å². The van der Waals surface area contributed by atoms with E-state index in [1.165, 1.54) is 36.5 Å². The maximum Gasteiger partial charge on any atom is 0.338 e. The highest BCUT2D eigenvalue weighted by molar-refractivity contribution is 7.93. The van der Waals surface area contributed by atoms with Crippen LogP contribution in [-0.4, -0.2) is 31.0 Å². The first-order valence-corrected chi connectivity index (χ1v) is 9.17. The maximum atomic E-state index is 12.7. The Morgan fingerprint density at radius 1 is 1.23 bits per heavy atom. The van der Waals surface area contributed by atoms with Gasteiger partial charge in [0.1, 0.15) is 4.90 Å². The second-order valence-corrected chi connectivity index (χ2v) is 6.94. The molecule has 134 valence electrons. The average molecular weight is 373 g/mol. The van der Waals surface area contributed by atoms with Crippen molar-refractivity contribution < 1.29 is 17.9 Å². The quantitative estimate of drug-likeness (QED) is 0.660. The third-order valence-electron chi connectivity index (χ3n) is 3.56. The third kappa shape index (κ3) is 3.42. The molecule has 0 bridgehead atoms. The number of benzene rings is 1. The van der Waals surface area contributed by atoms with Gasteiger partial charge in [-0.2, -0.15) is 0 Å². The standard InChI is InChI=1S/C17H15N3O5S/c1-2-25-17(22)11-5-7-12(8-6-11)20-26(23,24)14-10-19-16(21)13-4-3-9-18-15(13)14/h3-10,20H,2H2,1H3,(H,19,21). The molecule has 0 saturated carbocycles. The Balaban J connectivity index is 1.94. The van der Waals surface area contributed by atoms with Crippen LogP contribution in [0.25, 0.3) is 10.9 Å². The number of carbonyl (C=O) groups is 1. The van der Waals surface area contributed by atoms with Gasteiger partial charge in [-0.15, -0.1) is 0 Å². The van der Waals surface area contributed by atoms with Crippen LogP contribution in [0.4, 0.5) is 5.69 Å². The fraction of sp³-hybridized carbons (Fsp3) is 0.118. The van der Waals surface area contributed by atoms with Gasteiger partial charge in [-0.25, -0.2) is 13.2 Å². The van der Waals surface area contributed by atoms with Gasteiger partial charge in [-0.05, 0) is 43.3 Å². The summed E-state index contributed by atoms with van der Waals surface area (Å²) < 4.78 is 32.6. The zero-order chi connectivity index (χ0) is 18.7. The van der Waals surface area contributed by atoms with Crippen LogP contribution in [-0.2, 0) is 14.8 Å². The fourth-order valence-electron chi connectivity index (χ4n) is 2.37. The third-order valence-corrected chi connectivity index (χ3v) is 4.95. The highest BCUT2D eigenvalue weighted by Gasteiger charge is 2.20. The summed E-state index contributed by atoms with van der Waals surface area (Å²) in [5, 5.41) is 0.174. The Morgan fingerprint density at radius 2 is 1.96 bits per heavy atom. The van der Waals surface area contributed by atoms with Crippen LogP contribution in [0, 0.1) is 0 Å². The molecule has 0 atom stereocenters. The van der Waals surface area contributed by atoms with Gasteiger partial charge in [-0.3, -0.25) is 14.5 Å². The Morgan fingerprint density at radius 3 is 2.65 bits per heavy atom. The van der Waals surface area contributed by atoms with Gasteiger partial charge in [-0.1, -0.05) is 0 Å². The Hall–Kier alpha value is -3.20. The number of hydrogen-bond acceptors (Lipinski definition) is 6. The van der Waals surface area contributed by atoms with Crippen molar-refractivity contribution >= 4 is 32.6 Å². The molecular formula is C17H15N3O5S. The molecule has 0 amide bonds. The number of esters is 1. The van der Waals surface area contributed by atoms with E-state index in [1.807, 2.05) is 0 Å². The Bertz CT molecular complexity index is 1120. The molecule has 26 heavy (non-hydrogen) atoms. The molecule has 0 spiro atoms. The number of sulfonamides is 1. The van der Waals surface area contributed by atoms with Crippen molar-refractivity contribution in [1.82, 2.24) is 9.97 Å². The minimum Gasteiger partial charge on any atom is -0.462 e. The van der Waals surface area contributed by atoms with E-state index in [0.29, 0.717) is 5.56 Å². The van der Waals surface area contributed by atoms with Crippen molar-refractivity contribution in [2.75, 3.05) is 11.3 Å². The van der Waals surface area contributed by atoms with Gasteiger partial charge < -0.3 is 9.72 Å². The number of ether oxygens (including phenoxy) is 1. The minimum atomic E-state index is -4.00. The predicted octanol–water partition coefficient (Wildman–Crippen LogP) is 1.90. The maximum absolute atomic E-state index is 12.7. The minimum absolute atomic E-state index is 0.0758. The SMILES string of the molecule is CCOC(=O)c1ccc(NS(=O)(=O)c2c[nH]c(=O)c3cccnc23)cc1. The highest BCUT2D eigenvalue weighted by atomic mass is 32.2. The lowest BCUT2D eigenvalue weighted by molar-refractivity contribution is 0.0526. The van der Waals surface area contributed by atoms with Crippen molar-refractivity contribution in [1.29, 1.82) is 0 Å². The number of hydrogen-bond donors (Lipinski definition) is 2. The van der Waals surface area contributed by atoms with Gasteiger partial charge in [0, 0.05) is 18.1 Å². The number of pyridine rings is 2. The van der Waals surface area contributed by atoms with Crippen molar-refractivity contribution in [3.05, 3.63) is 64.7 Å². The molecular weight excluding hydrogens is 358 g/mol. The van der Waals surface area contributed by atoms with E-state index in [-0.39, 0.29) is 28.1 Å². The van der Waals surface area contributed by atoms with Crippen LogP contribution in [0.5, 0.6) is 0 Å². The number of aromatic amines is 1. The Labute approximate surface area is 148 Å². The lowest BCUT2D eigenvalue weighted by atomic mass is 10.2. The average Bonchev–Trinajstić information content (AvgIpc) is 2.62. The zero-order valence-electron chi connectivity index (χ0n) is 13.7. The van der Waals surface area contributed by atoms with Crippen LogP contribution in [0.1, 0.15) is 17.3 Å². The van der Waals surface area contributed by atoms with E-state index in [0.717, 1.165) is 6.20 Å². The molecule has 3 rings (SSSR count). The van der Waals surface area contributed by atoms with Gasteiger partial charge >= 0.3 is 5.97 Å². The number of H-pyrrole nitrogens is 1. The van der Waals surface area contributed by atoms with Crippen molar-refractivity contribution in [2.45, 2.75) is 11.8 Å². The van der Waals surface area contributed by atoms with E-state index >= 15 is 0 Å². The van der Waals surface area contributed by atoms with Crippen molar-refractivity contribution in [2.24, 2.45) is 0 Å². The number of fused-ring (bicyclic) bond motifs is 1. The first-order chi connectivity index (χ1) is 12.4. The molecule has 9 heteroatoms. The molecule has 3 aromatic rings.